The van der Waals surface area contributed by atoms with Crippen molar-refractivity contribution in [1.29, 1.82) is 0 Å². The van der Waals surface area contributed by atoms with Gasteiger partial charge in [-0.1, -0.05) is 19.4 Å². The van der Waals surface area contributed by atoms with Crippen LogP contribution < -0.4 is 5.73 Å². The number of aliphatic carboxylic acids is 1. The minimum absolute atomic E-state index is 0.211. The Morgan fingerprint density at radius 3 is 2.50 bits per heavy atom. The lowest BCUT2D eigenvalue weighted by molar-refractivity contribution is -0.145. The number of carbonyl (C=O) groups is 2. The van der Waals surface area contributed by atoms with Crippen molar-refractivity contribution in [3.8, 4) is 0 Å². The lowest BCUT2D eigenvalue weighted by atomic mass is 9.97. The van der Waals surface area contributed by atoms with Gasteiger partial charge in [-0.25, -0.2) is 4.79 Å². The highest BCUT2D eigenvalue weighted by molar-refractivity contribution is 7.80. The number of ketones is 1. The van der Waals surface area contributed by atoms with Gasteiger partial charge in [0.25, 0.3) is 0 Å². The van der Waals surface area contributed by atoms with Crippen LogP contribution in [0.2, 0.25) is 0 Å². The summed E-state index contributed by atoms with van der Waals surface area (Å²) in [6.07, 6.45) is 4.47. The number of thiol groups is 1. The Morgan fingerprint density at radius 1 is 1.57 bits per heavy atom. The molecule has 0 aromatic heterocycles. The average molecular weight is 217 g/mol. The van der Waals surface area contributed by atoms with Crippen LogP contribution >= 0.6 is 12.6 Å². The Labute approximate surface area is 88.6 Å². The van der Waals surface area contributed by atoms with Gasteiger partial charge in [0.15, 0.2) is 11.3 Å². The fraction of sp³-hybridized carbons (Fsp3) is 0.556. The zero-order chi connectivity index (χ0) is 11.2. The van der Waals surface area contributed by atoms with Gasteiger partial charge in [0, 0.05) is 5.75 Å². The molecule has 3 N–H and O–H groups in total. The van der Waals surface area contributed by atoms with Gasteiger partial charge in [-0.3, -0.25) is 4.79 Å². The Kier molecular flexibility index (Phi) is 5.49. The fourth-order valence-electron chi connectivity index (χ4n) is 0.757. The second-order valence-electron chi connectivity index (χ2n) is 2.99. The molecule has 0 aromatic carbocycles. The van der Waals surface area contributed by atoms with Crippen LogP contribution in [0, 0.1) is 0 Å². The number of unbranched alkanes of at least 4 members (excludes halogenated alkanes) is 1. The van der Waals surface area contributed by atoms with Crippen molar-refractivity contribution < 1.29 is 14.7 Å². The van der Waals surface area contributed by atoms with Crippen LogP contribution in [0.5, 0.6) is 0 Å². The molecule has 0 aromatic rings. The van der Waals surface area contributed by atoms with E-state index in [2.05, 4.69) is 12.6 Å². The molecule has 0 saturated heterocycles. The Balaban J connectivity index is 4.55. The number of nitrogens with two attached hydrogens (primary N) is 1. The summed E-state index contributed by atoms with van der Waals surface area (Å²) in [6, 6.07) is 0. The Bertz CT molecular complexity index is 252. The SMILES string of the molecule is CCC/C=C/C(=O)[C@](N)(CS)C(=O)O. The van der Waals surface area contributed by atoms with Gasteiger partial charge >= 0.3 is 5.97 Å². The first-order valence-corrected chi connectivity index (χ1v) is 4.96. The largest absolute Gasteiger partial charge is 0.480 e. The molecule has 0 bridgehead atoms. The van der Waals surface area contributed by atoms with Crippen molar-refractivity contribution in [3.63, 3.8) is 0 Å². The number of carboxylic acids is 1. The summed E-state index contributed by atoms with van der Waals surface area (Å²) in [7, 11) is 0. The molecule has 5 heteroatoms. The van der Waals surface area contributed by atoms with E-state index in [1.807, 2.05) is 6.92 Å². The van der Waals surface area contributed by atoms with Crippen molar-refractivity contribution in [2.75, 3.05) is 5.75 Å². The fourth-order valence-corrected chi connectivity index (χ4v) is 1.05. The van der Waals surface area contributed by atoms with Crippen LogP contribution in [0.15, 0.2) is 12.2 Å². The summed E-state index contributed by atoms with van der Waals surface area (Å²) in [5.41, 5.74) is 3.49. The zero-order valence-electron chi connectivity index (χ0n) is 8.06. The van der Waals surface area contributed by atoms with Gasteiger partial charge in [0.05, 0.1) is 0 Å². The molecule has 0 aliphatic rings. The molecule has 0 aliphatic carbocycles. The third kappa shape index (κ3) is 3.16. The summed E-state index contributed by atoms with van der Waals surface area (Å²) in [4.78, 5) is 22.1. The Hall–Kier alpha value is -0.810. The number of carboxylic acid groups (broad SMARTS) is 1. The van der Waals surface area contributed by atoms with E-state index in [1.54, 1.807) is 6.08 Å². The highest BCUT2D eigenvalue weighted by atomic mass is 32.1. The topological polar surface area (TPSA) is 80.4 Å². The summed E-state index contributed by atoms with van der Waals surface area (Å²) >= 11 is 3.76. The Morgan fingerprint density at radius 2 is 2.14 bits per heavy atom. The van der Waals surface area contributed by atoms with Gasteiger partial charge in [-0.15, -0.1) is 0 Å². The van der Waals surface area contributed by atoms with Crippen molar-refractivity contribution in [3.05, 3.63) is 12.2 Å². The van der Waals surface area contributed by atoms with E-state index in [0.717, 1.165) is 12.8 Å². The van der Waals surface area contributed by atoms with E-state index in [9.17, 15) is 9.59 Å². The van der Waals surface area contributed by atoms with E-state index in [4.69, 9.17) is 10.8 Å². The molecule has 0 spiro atoms. The van der Waals surface area contributed by atoms with Crippen LogP contribution in [-0.4, -0.2) is 28.2 Å². The van der Waals surface area contributed by atoms with Gasteiger partial charge in [0.2, 0.25) is 0 Å². The van der Waals surface area contributed by atoms with Crippen molar-refractivity contribution in [1.82, 2.24) is 0 Å². The third-order valence-corrected chi connectivity index (χ3v) is 2.29. The maximum Gasteiger partial charge on any atom is 0.332 e. The monoisotopic (exact) mass is 217 g/mol. The second-order valence-corrected chi connectivity index (χ2v) is 3.31. The molecular weight excluding hydrogens is 202 g/mol. The molecule has 0 radical (unpaired) electrons. The molecule has 0 unspecified atom stereocenters. The normalized spacial score (nSPS) is 15.4. The van der Waals surface area contributed by atoms with Crippen LogP contribution in [0.4, 0.5) is 0 Å². The van der Waals surface area contributed by atoms with E-state index in [0.29, 0.717) is 0 Å². The first-order chi connectivity index (χ1) is 6.49. The molecule has 0 saturated carbocycles. The molecule has 0 heterocycles. The lowest BCUT2D eigenvalue weighted by Gasteiger charge is -2.18. The minimum atomic E-state index is -1.90. The zero-order valence-corrected chi connectivity index (χ0v) is 8.96. The molecule has 0 rings (SSSR count). The van der Waals surface area contributed by atoms with E-state index < -0.39 is 17.3 Å². The van der Waals surface area contributed by atoms with Gasteiger partial charge in [-0.05, 0) is 12.5 Å². The molecular formula is C9H15NO3S. The number of hydrogen-bond acceptors (Lipinski definition) is 4. The van der Waals surface area contributed by atoms with E-state index in [-0.39, 0.29) is 5.75 Å². The number of allylic oxidation sites excluding steroid dienone is 1. The maximum absolute atomic E-state index is 11.4. The van der Waals surface area contributed by atoms with Crippen LogP contribution in [0.1, 0.15) is 19.8 Å². The first-order valence-electron chi connectivity index (χ1n) is 4.33. The molecule has 1 atom stereocenters. The van der Waals surface area contributed by atoms with Crippen LogP contribution in [-0.2, 0) is 9.59 Å². The van der Waals surface area contributed by atoms with Crippen molar-refractivity contribution >= 4 is 24.4 Å². The number of hydrogen-bond donors (Lipinski definition) is 3. The summed E-state index contributed by atoms with van der Waals surface area (Å²) in [6.45, 7) is 1.96. The molecule has 14 heavy (non-hydrogen) atoms. The minimum Gasteiger partial charge on any atom is -0.480 e. The standard InChI is InChI=1S/C9H15NO3S/c1-2-3-4-5-7(11)9(10,6-14)8(12)13/h4-5,14H,2-3,6,10H2,1H3,(H,12,13)/b5-4+/t9-/m1/s1. The highest BCUT2D eigenvalue weighted by Gasteiger charge is 2.38. The molecule has 80 valence electrons. The molecule has 0 amide bonds. The summed E-state index contributed by atoms with van der Waals surface area (Å²) in [5.74, 6) is -2.18. The summed E-state index contributed by atoms with van der Waals surface area (Å²) in [5, 5.41) is 8.73. The van der Waals surface area contributed by atoms with Gasteiger partial charge in [0.1, 0.15) is 0 Å². The van der Waals surface area contributed by atoms with Crippen LogP contribution in [0.25, 0.3) is 0 Å². The third-order valence-electron chi connectivity index (χ3n) is 1.80. The predicted octanol–water partition coefficient (Wildman–Crippen LogP) is 0.624. The summed E-state index contributed by atoms with van der Waals surface area (Å²) < 4.78 is 0. The molecule has 0 fully saturated rings. The first kappa shape index (κ1) is 13.2. The number of rotatable bonds is 6. The second kappa shape index (κ2) is 5.82. The maximum atomic E-state index is 11.4. The molecule has 0 aliphatic heterocycles. The van der Waals surface area contributed by atoms with Crippen LogP contribution in [0.3, 0.4) is 0 Å². The highest BCUT2D eigenvalue weighted by Crippen LogP contribution is 2.07. The van der Waals surface area contributed by atoms with E-state index >= 15 is 0 Å². The van der Waals surface area contributed by atoms with Crippen molar-refractivity contribution in [2.24, 2.45) is 5.73 Å². The molecule has 4 nitrogen and oxygen atoms in total. The van der Waals surface area contributed by atoms with E-state index in [1.165, 1.54) is 6.08 Å². The van der Waals surface area contributed by atoms with Gasteiger partial charge in [-0.2, -0.15) is 12.6 Å². The van der Waals surface area contributed by atoms with Crippen molar-refractivity contribution in [2.45, 2.75) is 25.3 Å². The van der Waals surface area contributed by atoms with Gasteiger partial charge < -0.3 is 10.8 Å². The average Bonchev–Trinajstić information content (AvgIpc) is 2.16. The predicted molar refractivity (Wildman–Crippen MR) is 57.5 cm³/mol. The lowest BCUT2D eigenvalue weighted by Crippen LogP contribution is -2.56. The smallest absolute Gasteiger partial charge is 0.332 e. The number of carbonyl (C=O) groups excluding carboxylic acids is 1. The quantitative estimate of drug-likeness (QED) is 0.346.